The van der Waals surface area contributed by atoms with E-state index in [-0.39, 0.29) is 5.92 Å². The van der Waals surface area contributed by atoms with Crippen LogP contribution in [0.25, 0.3) is 11.0 Å². The summed E-state index contributed by atoms with van der Waals surface area (Å²) in [5.41, 5.74) is 3.16. The zero-order chi connectivity index (χ0) is 23.8. The fourth-order valence-corrected chi connectivity index (χ4v) is 6.55. The maximum Gasteiger partial charge on any atom is 0.120 e. The molecular formula is C29H47FN4. The summed E-state index contributed by atoms with van der Waals surface area (Å²) in [6, 6.07) is 4.10. The number of unbranched alkanes of at least 4 members (excludes halogenated alkanes) is 6. The van der Waals surface area contributed by atoms with E-state index >= 15 is 4.39 Å². The molecule has 2 aliphatic heterocycles. The molecule has 4 heterocycles. The van der Waals surface area contributed by atoms with Gasteiger partial charge in [0.05, 0.1) is 11.0 Å². The third kappa shape index (κ3) is 6.40. The van der Waals surface area contributed by atoms with Gasteiger partial charge in [0.1, 0.15) is 6.17 Å². The largest absolute Gasteiger partial charge is 0.360 e. The number of H-pyrrole nitrogens is 1. The van der Waals surface area contributed by atoms with Crippen molar-refractivity contribution in [2.24, 2.45) is 11.8 Å². The molecule has 0 radical (unpaired) electrons. The molecule has 1 N–H and O–H groups in total. The fraction of sp³-hybridized carbons (Fsp3) is 0.759. The number of aromatic amines is 1. The number of halogens is 1. The molecule has 190 valence electrons. The molecule has 2 saturated heterocycles. The summed E-state index contributed by atoms with van der Waals surface area (Å²) in [5.74, 6) is 0.954. The first-order valence-electron chi connectivity index (χ1n) is 14.2. The first-order chi connectivity index (χ1) is 16.7. The van der Waals surface area contributed by atoms with Crippen molar-refractivity contribution >= 4 is 11.0 Å². The Kier molecular flexibility index (Phi) is 9.81. The Balaban J connectivity index is 1.46. The van der Waals surface area contributed by atoms with Crippen molar-refractivity contribution in [2.45, 2.75) is 90.1 Å². The number of nitrogens with zero attached hydrogens (tertiary/aromatic N) is 3. The van der Waals surface area contributed by atoms with Gasteiger partial charge in [-0.3, -0.25) is 4.98 Å². The summed E-state index contributed by atoms with van der Waals surface area (Å²) in [6.45, 7) is 10.8. The van der Waals surface area contributed by atoms with Gasteiger partial charge in [-0.15, -0.1) is 0 Å². The first-order valence-corrected chi connectivity index (χ1v) is 14.2. The minimum atomic E-state index is -0.814. The summed E-state index contributed by atoms with van der Waals surface area (Å²) in [6.07, 6.45) is 15.8. The van der Waals surface area contributed by atoms with Crippen LogP contribution in [0.1, 0.15) is 89.5 Å². The maximum atomic E-state index is 16.0. The van der Waals surface area contributed by atoms with Crippen LogP contribution in [0, 0.1) is 11.8 Å². The SMILES string of the molecule is CCCCCCN1CCC(C2CN(CCCCCC)CC(F)C2c2ccnc3cc[nH]c23)CC1. The van der Waals surface area contributed by atoms with Gasteiger partial charge in [-0.2, -0.15) is 0 Å². The van der Waals surface area contributed by atoms with Crippen molar-refractivity contribution in [3.05, 3.63) is 30.1 Å². The number of hydrogen-bond acceptors (Lipinski definition) is 3. The van der Waals surface area contributed by atoms with Gasteiger partial charge < -0.3 is 14.8 Å². The fourth-order valence-electron chi connectivity index (χ4n) is 6.55. The van der Waals surface area contributed by atoms with Gasteiger partial charge in [0.15, 0.2) is 0 Å². The van der Waals surface area contributed by atoms with Gasteiger partial charge in [-0.1, -0.05) is 52.4 Å². The summed E-state index contributed by atoms with van der Waals surface area (Å²) >= 11 is 0. The van der Waals surface area contributed by atoms with Crippen molar-refractivity contribution in [1.82, 2.24) is 19.8 Å². The third-order valence-corrected chi connectivity index (χ3v) is 8.49. The molecule has 3 atom stereocenters. The number of nitrogens with one attached hydrogen (secondary N) is 1. The molecule has 0 saturated carbocycles. The molecular weight excluding hydrogens is 423 g/mol. The Morgan fingerprint density at radius 2 is 1.62 bits per heavy atom. The van der Waals surface area contributed by atoms with Gasteiger partial charge in [0.2, 0.25) is 0 Å². The van der Waals surface area contributed by atoms with Gasteiger partial charge in [-0.25, -0.2) is 4.39 Å². The van der Waals surface area contributed by atoms with Crippen molar-refractivity contribution in [3.63, 3.8) is 0 Å². The third-order valence-electron chi connectivity index (χ3n) is 8.49. The molecule has 4 rings (SSSR count). The van der Waals surface area contributed by atoms with E-state index in [1.165, 1.54) is 83.8 Å². The lowest BCUT2D eigenvalue weighted by Crippen LogP contribution is -2.50. The average molecular weight is 471 g/mol. The quantitative estimate of drug-likeness (QED) is 0.347. The number of pyridine rings is 1. The lowest BCUT2D eigenvalue weighted by Gasteiger charge is -2.46. The van der Waals surface area contributed by atoms with Crippen LogP contribution in [0.4, 0.5) is 4.39 Å². The van der Waals surface area contributed by atoms with Crippen molar-refractivity contribution in [1.29, 1.82) is 0 Å². The molecule has 4 nitrogen and oxygen atoms in total. The lowest BCUT2D eigenvalue weighted by molar-refractivity contribution is 0.0242. The molecule has 0 aliphatic carbocycles. The smallest absolute Gasteiger partial charge is 0.120 e. The van der Waals surface area contributed by atoms with Crippen LogP contribution in [-0.2, 0) is 0 Å². The second-order valence-electron chi connectivity index (χ2n) is 10.9. The molecule has 0 aromatic carbocycles. The molecule has 0 bridgehead atoms. The maximum absolute atomic E-state index is 16.0. The molecule has 2 fully saturated rings. The standard InChI is InChI=1S/C29H47FN4/c1-3-5-7-9-17-33-19-13-23(14-20-33)25-21-34(18-10-8-6-4-2)22-26(30)28(25)24-11-15-31-27-12-16-32-29(24)27/h11-12,15-16,23,25-26,28,32H,3-10,13-14,17-22H2,1-2H3. The number of hydrogen-bond donors (Lipinski definition) is 1. The summed E-state index contributed by atoms with van der Waals surface area (Å²) in [5, 5.41) is 0. The van der Waals surface area contributed by atoms with Crippen molar-refractivity contribution < 1.29 is 4.39 Å². The molecule has 3 unspecified atom stereocenters. The minimum Gasteiger partial charge on any atom is -0.360 e. The second kappa shape index (κ2) is 13.0. The first kappa shape index (κ1) is 25.6. The number of aromatic nitrogens is 2. The molecule has 34 heavy (non-hydrogen) atoms. The molecule has 2 aliphatic rings. The number of likely N-dealkylation sites (tertiary alicyclic amines) is 2. The Morgan fingerprint density at radius 3 is 2.32 bits per heavy atom. The molecule has 0 amide bonds. The second-order valence-corrected chi connectivity index (χ2v) is 10.9. The zero-order valence-electron chi connectivity index (χ0n) is 21.7. The van der Waals surface area contributed by atoms with Crippen LogP contribution in [0.3, 0.4) is 0 Å². The van der Waals surface area contributed by atoms with Crippen LogP contribution in [0.15, 0.2) is 24.5 Å². The molecule has 5 heteroatoms. The van der Waals surface area contributed by atoms with Crippen LogP contribution in [0.2, 0.25) is 0 Å². The zero-order valence-corrected chi connectivity index (χ0v) is 21.7. The Labute approximate surface area is 206 Å². The lowest BCUT2D eigenvalue weighted by atomic mass is 9.70. The number of fused-ring (bicyclic) bond motifs is 1. The molecule has 2 aromatic rings. The van der Waals surface area contributed by atoms with Crippen LogP contribution < -0.4 is 0 Å². The normalized spacial score (nSPS) is 25.3. The highest BCUT2D eigenvalue weighted by Crippen LogP contribution is 2.44. The monoisotopic (exact) mass is 470 g/mol. The number of rotatable bonds is 12. The van der Waals surface area contributed by atoms with Gasteiger partial charge in [0, 0.05) is 31.4 Å². The van der Waals surface area contributed by atoms with Gasteiger partial charge in [-0.05, 0) is 81.4 Å². The van der Waals surface area contributed by atoms with E-state index in [2.05, 4.69) is 39.7 Å². The Morgan fingerprint density at radius 1 is 0.912 bits per heavy atom. The van der Waals surface area contributed by atoms with Gasteiger partial charge in [0.25, 0.3) is 0 Å². The highest BCUT2D eigenvalue weighted by molar-refractivity contribution is 5.79. The molecule has 2 aromatic heterocycles. The number of alkyl halides is 1. The summed E-state index contributed by atoms with van der Waals surface area (Å²) < 4.78 is 16.0. The van der Waals surface area contributed by atoms with E-state index in [4.69, 9.17) is 0 Å². The van der Waals surface area contributed by atoms with Crippen molar-refractivity contribution in [2.75, 3.05) is 39.3 Å². The molecule has 0 spiro atoms. The average Bonchev–Trinajstić information content (AvgIpc) is 3.34. The Bertz CT molecular complexity index is 844. The predicted octanol–water partition coefficient (Wildman–Crippen LogP) is 6.79. The highest BCUT2D eigenvalue weighted by atomic mass is 19.1. The van der Waals surface area contributed by atoms with Crippen LogP contribution in [0.5, 0.6) is 0 Å². The van der Waals surface area contributed by atoms with E-state index in [0.29, 0.717) is 18.4 Å². The van der Waals surface area contributed by atoms with Crippen LogP contribution in [-0.4, -0.2) is 65.2 Å². The topological polar surface area (TPSA) is 35.2 Å². The van der Waals surface area contributed by atoms with E-state index in [0.717, 1.165) is 29.7 Å². The predicted molar refractivity (Wildman–Crippen MR) is 141 cm³/mol. The van der Waals surface area contributed by atoms with Crippen LogP contribution >= 0.6 is 0 Å². The van der Waals surface area contributed by atoms with E-state index < -0.39 is 6.17 Å². The minimum absolute atomic E-state index is 0.0304. The van der Waals surface area contributed by atoms with E-state index in [1.54, 1.807) is 0 Å². The van der Waals surface area contributed by atoms with Gasteiger partial charge >= 0.3 is 0 Å². The highest BCUT2D eigenvalue weighted by Gasteiger charge is 2.43. The number of piperidine rings is 2. The summed E-state index contributed by atoms with van der Waals surface area (Å²) in [4.78, 5) is 13.0. The van der Waals surface area contributed by atoms with E-state index in [1.807, 2.05) is 18.5 Å². The van der Waals surface area contributed by atoms with E-state index in [9.17, 15) is 0 Å². The Hall–Kier alpha value is -1.46. The summed E-state index contributed by atoms with van der Waals surface area (Å²) in [7, 11) is 0. The van der Waals surface area contributed by atoms with Crippen molar-refractivity contribution in [3.8, 4) is 0 Å².